The summed E-state index contributed by atoms with van der Waals surface area (Å²) in [5.74, 6) is 0.107. The van der Waals surface area contributed by atoms with E-state index < -0.39 is 0 Å². The molecule has 0 radical (unpaired) electrons. The van der Waals surface area contributed by atoms with Crippen LogP contribution in [0.25, 0.3) is 10.8 Å². The van der Waals surface area contributed by atoms with E-state index in [2.05, 4.69) is 57.7 Å². The molecule has 4 rings (SSSR count). The minimum Gasteiger partial charge on any atom is -0.352 e. The van der Waals surface area contributed by atoms with E-state index in [0.29, 0.717) is 19.0 Å². The van der Waals surface area contributed by atoms with E-state index in [4.69, 9.17) is 0 Å². The smallest absolute Gasteiger partial charge is 0.221 e. The summed E-state index contributed by atoms with van der Waals surface area (Å²) in [6, 6.07) is 19.5. The van der Waals surface area contributed by atoms with Gasteiger partial charge < -0.3 is 5.32 Å². The maximum absolute atomic E-state index is 12.3. The summed E-state index contributed by atoms with van der Waals surface area (Å²) in [5, 5.41) is 5.61. The number of amides is 1. The van der Waals surface area contributed by atoms with Gasteiger partial charge in [-0.1, -0.05) is 42.5 Å². The van der Waals surface area contributed by atoms with Crippen LogP contribution >= 0.6 is 0 Å². The Morgan fingerprint density at radius 1 is 1.04 bits per heavy atom. The maximum Gasteiger partial charge on any atom is 0.221 e. The number of nitrogens with one attached hydrogen (secondary N) is 1. The number of nitrogens with zero attached hydrogens (tertiary/aromatic N) is 2. The molecule has 0 saturated heterocycles. The summed E-state index contributed by atoms with van der Waals surface area (Å²) in [4.78, 5) is 18.7. The normalized spacial score (nSPS) is 13.8. The van der Waals surface area contributed by atoms with Crippen molar-refractivity contribution in [3.8, 4) is 0 Å². The highest BCUT2D eigenvalue weighted by Crippen LogP contribution is 2.30. The molecular weight excluding hydrogens is 334 g/mol. The van der Waals surface area contributed by atoms with Crippen LogP contribution in [0, 0.1) is 0 Å². The molecule has 0 bridgehead atoms. The Morgan fingerprint density at radius 2 is 1.81 bits per heavy atom. The zero-order chi connectivity index (χ0) is 18.5. The first-order valence-corrected chi connectivity index (χ1v) is 9.66. The van der Waals surface area contributed by atoms with Crippen LogP contribution in [0.4, 0.5) is 0 Å². The van der Waals surface area contributed by atoms with Crippen LogP contribution < -0.4 is 5.32 Å². The Bertz CT molecular complexity index is 900. The van der Waals surface area contributed by atoms with Gasteiger partial charge in [0.15, 0.2) is 0 Å². The number of benzene rings is 2. The summed E-state index contributed by atoms with van der Waals surface area (Å²) >= 11 is 0. The van der Waals surface area contributed by atoms with Gasteiger partial charge in [-0.25, -0.2) is 0 Å². The molecule has 1 N–H and O–H groups in total. The van der Waals surface area contributed by atoms with Gasteiger partial charge in [0.1, 0.15) is 0 Å². The Labute approximate surface area is 160 Å². The van der Waals surface area contributed by atoms with Crippen molar-refractivity contribution >= 4 is 16.7 Å². The van der Waals surface area contributed by atoms with Gasteiger partial charge in [0, 0.05) is 44.5 Å². The average molecular weight is 359 g/mol. The molecule has 4 heteroatoms. The van der Waals surface area contributed by atoms with E-state index >= 15 is 0 Å². The Balaban J connectivity index is 1.35. The molecule has 0 spiro atoms. The summed E-state index contributed by atoms with van der Waals surface area (Å²) < 4.78 is 0. The molecule has 3 aromatic rings. The van der Waals surface area contributed by atoms with Crippen LogP contribution in [0.5, 0.6) is 0 Å². The molecule has 2 aromatic carbocycles. The van der Waals surface area contributed by atoms with Crippen LogP contribution in [0.1, 0.15) is 30.4 Å². The maximum atomic E-state index is 12.3. The summed E-state index contributed by atoms with van der Waals surface area (Å²) in [7, 11) is 0. The molecule has 0 atom stereocenters. The van der Waals surface area contributed by atoms with Crippen molar-refractivity contribution in [3.63, 3.8) is 0 Å². The number of aromatic nitrogens is 1. The predicted molar refractivity (Wildman–Crippen MR) is 108 cm³/mol. The van der Waals surface area contributed by atoms with E-state index in [1.54, 1.807) is 12.4 Å². The Kier molecular flexibility index (Phi) is 5.45. The second kappa shape index (κ2) is 8.31. The lowest BCUT2D eigenvalue weighted by Crippen LogP contribution is -2.32. The van der Waals surface area contributed by atoms with Crippen molar-refractivity contribution in [1.82, 2.24) is 15.2 Å². The van der Waals surface area contributed by atoms with Gasteiger partial charge >= 0.3 is 0 Å². The molecule has 27 heavy (non-hydrogen) atoms. The van der Waals surface area contributed by atoms with Gasteiger partial charge in [-0.2, -0.15) is 0 Å². The SMILES string of the molecule is O=C(CCN(Cc1cccc2ccccc12)C1CC1)NCc1ccncc1. The van der Waals surface area contributed by atoms with Gasteiger partial charge in [-0.15, -0.1) is 0 Å². The highest BCUT2D eigenvalue weighted by molar-refractivity contribution is 5.85. The third kappa shape index (κ3) is 4.72. The Morgan fingerprint density at radius 3 is 2.63 bits per heavy atom. The van der Waals surface area contributed by atoms with E-state index in [-0.39, 0.29) is 5.91 Å². The van der Waals surface area contributed by atoms with Gasteiger partial charge in [-0.05, 0) is 46.9 Å². The second-order valence-corrected chi connectivity index (χ2v) is 7.22. The topological polar surface area (TPSA) is 45.2 Å². The molecule has 1 aliphatic carbocycles. The quantitative estimate of drug-likeness (QED) is 0.663. The number of fused-ring (bicyclic) bond motifs is 1. The first-order chi connectivity index (χ1) is 13.3. The van der Waals surface area contributed by atoms with Crippen molar-refractivity contribution in [2.24, 2.45) is 0 Å². The van der Waals surface area contributed by atoms with Gasteiger partial charge in [0.05, 0.1) is 0 Å². The summed E-state index contributed by atoms with van der Waals surface area (Å²) in [5.41, 5.74) is 2.42. The zero-order valence-electron chi connectivity index (χ0n) is 15.5. The van der Waals surface area contributed by atoms with Gasteiger partial charge in [0.2, 0.25) is 5.91 Å². The molecule has 1 saturated carbocycles. The van der Waals surface area contributed by atoms with Crippen LogP contribution in [0.15, 0.2) is 67.0 Å². The fourth-order valence-corrected chi connectivity index (χ4v) is 3.51. The molecule has 1 aliphatic rings. The van der Waals surface area contributed by atoms with E-state index in [1.165, 1.54) is 29.2 Å². The van der Waals surface area contributed by atoms with Crippen LogP contribution in [0.2, 0.25) is 0 Å². The highest BCUT2D eigenvalue weighted by atomic mass is 16.1. The third-order valence-electron chi connectivity index (χ3n) is 5.18. The summed E-state index contributed by atoms with van der Waals surface area (Å²) in [6.45, 7) is 2.27. The third-order valence-corrected chi connectivity index (χ3v) is 5.18. The summed E-state index contributed by atoms with van der Waals surface area (Å²) in [6.07, 6.45) is 6.51. The zero-order valence-corrected chi connectivity index (χ0v) is 15.5. The minimum absolute atomic E-state index is 0.107. The van der Waals surface area contributed by atoms with Crippen molar-refractivity contribution in [1.29, 1.82) is 0 Å². The largest absolute Gasteiger partial charge is 0.352 e. The molecule has 1 amide bonds. The molecule has 4 nitrogen and oxygen atoms in total. The van der Waals surface area contributed by atoms with Gasteiger partial charge in [0.25, 0.3) is 0 Å². The predicted octanol–water partition coefficient (Wildman–Crippen LogP) is 3.91. The Hall–Kier alpha value is -2.72. The molecule has 1 fully saturated rings. The molecular formula is C23H25N3O. The molecule has 138 valence electrons. The van der Waals surface area contributed by atoms with Crippen LogP contribution in [-0.2, 0) is 17.9 Å². The lowest BCUT2D eigenvalue weighted by molar-refractivity contribution is -0.121. The van der Waals surface area contributed by atoms with Gasteiger partial charge in [-0.3, -0.25) is 14.7 Å². The lowest BCUT2D eigenvalue weighted by Gasteiger charge is -2.22. The fraction of sp³-hybridized carbons (Fsp3) is 0.304. The molecule has 1 aromatic heterocycles. The monoisotopic (exact) mass is 359 g/mol. The number of hydrogen-bond acceptors (Lipinski definition) is 3. The van der Waals surface area contributed by atoms with Crippen LogP contribution in [0.3, 0.4) is 0 Å². The average Bonchev–Trinajstić information content (AvgIpc) is 3.56. The molecule has 0 unspecified atom stereocenters. The van der Waals surface area contributed by atoms with Crippen molar-refractivity contribution < 1.29 is 4.79 Å². The van der Waals surface area contributed by atoms with Crippen molar-refractivity contribution in [2.75, 3.05) is 6.54 Å². The number of carbonyl (C=O) groups excluding carboxylic acids is 1. The standard InChI is InChI=1S/C23H25N3O/c27-23(25-16-18-10-13-24-14-11-18)12-15-26(21-8-9-21)17-20-6-3-5-19-4-1-2-7-22(19)20/h1-7,10-11,13-14,21H,8-9,12,15-17H2,(H,25,27). The number of rotatable bonds is 8. The molecule has 0 aliphatic heterocycles. The van der Waals surface area contributed by atoms with E-state index in [9.17, 15) is 4.79 Å². The lowest BCUT2D eigenvalue weighted by atomic mass is 10.0. The fourth-order valence-electron chi connectivity index (χ4n) is 3.51. The highest BCUT2D eigenvalue weighted by Gasteiger charge is 2.29. The van der Waals surface area contributed by atoms with Crippen molar-refractivity contribution in [2.45, 2.75) is 38.4 Å². The van der Waals surface area contributed by atoms with E-state index in [1.807, 2.05) is 12.1 Å². The first-order valence-electron chi connectivity index (χ1n) is 9.66. The minimum atomic E-state index is 0.107. The number of carbonyl (C=O) groups is 1. The first kappa shape index (κ1) is 17.7. The van der Waals surface area contributed by atoms with E-state index in [0.717, 1.165) is 18.7 Å². The van der Waals surface area contributed by atoms with Crippen molar-refractivity contribution in [3.05, 3.63) is 78.1 Å². The second-order valence-electron chi connectivity index (χ2n) is 7.22. The number of hydrogen-bond donors (Lipinski definition) is 1. The molecule has 1 heterocycles. The van der Waals surface area contributed by atoms with Crippen LogP contribution in [-0.4, -0.2) is 28.4 Å². The number of pyridine rings is 1.